The summed E-state index contributed by atoms with van der Waals surface area (Å²) in [6, 6.07) is 6.83. The van der Waals surface area contributed by atoms with Crippen LogP contribution >= 0.6 is 11.6 Å². The Morgan fingerprint density at radius 3 is 2.62 bits per heavy atom. The lowest BCUT2D eigenvalue weighted by atomic mass is 9.85. The largest absolute Gasteiger partial charge is 0.481 e. The van der Waals surface area contributed by atoms with Crippen molar-refractivity contribution in [3.8, 4) is 5.75 Å². The number of ether oxygens (including phenoxy) is 1. The molecular weight excluding hydrogens is 290 g/mol. The zero-order valence-electron chi connectivity index (χ0n) is 13.0. The number of hydrogen-bond acceptors (Lipinski definition) is 3. The molecule has 0 fully saturated rings. The summed E-state index contributed by atoms with van der Waals surface area (Å²) in [5, 5.41) is 12.6. The van der Waals surface area contributed by atoms with E-state index in [1.54, 1.807) is 31.2 Å². The van der Waals surface area contributed by atoms with E-state index >= 15 is 0 Å². The van der Waals surface area contributed by atoms with Crippen molar-refractivity contribution in [2.24, 2.45) is 5.41 Å². The van der Waals surface area contributed by atoms with Crippen molar-refractivity contribution in [2.75, 3.05) is 6.61 Å². The van der Waals surface area contributed by atoms with Gasteiger partial charge < -0.3 is 15.2 Å². The zero-order chi connectivity index (χ0) is 16.0. The van der Waals surface area contributed by atoms with Gasteiger partial charge in [-0.1, -0.05) is 38.4 Å². The van der Waals surface area contributed by atoms with Gasteiger partial charge in [0.2, 0.25) is 0 Å². The molecule has 1 aromatic rings. The van der Waals surface area contributed by atoms with Crippen LogP contribution in [-0.4, -0.2) is 29.8 Å². The van der Waals surface area contributed by atoms with Crippen molar-refractivity contribution in [1.82, 2.24) is 5.32 Å². The van der Waals surface area contributed by atoms with Gasteiger partial charge in [-0.25, -0.2) is 0 Å². The topological polar surface area (TPSA) is 58.6 Å². The first-order valence-electron chi connectivity index (χ1n) is 7.07. The lowest BCUT2D eigenvalue weighted by Crippen LogP contribution is -2.48. The molecule has 2 unspecified atom stereocenters. The Labute approximate surface area is 131 Å². The molecule has 21 heavy (non-hydrogen) atoms. The first-order valence-corrected chi connectivity index (χ1v) is 7.45. The van der Waals surface area contributed by atoms with Crippen LogP contribution in [0.5, 0.6) is 5.75 Å². The van der Waals surface area contributed by atoms with Gasteiger partial charge in [-0.05, 0) is 37.0 Å². The predicted molar refractivity (Wildman–Crippen MR) is 84.6 cm³/mol. The molecule has 4 nitrogen and oxygen atoms in total. The van der Waals surface area contributed by atoms with Crippen molar-refractivity contribution in [1.29, 1.82) is 0 Å². The Hall–Kier alpha value is -1.26. The Bertz CT molecular complexity index is 471. The number of halogens is 1. The summed E-state index contributed by atoms with van der Waals surface area (Å²) >= 11 is 5.88. The van der Waals surface area contributed by atoms with E-state index in [0.29, 0.717) is 17.2 Å². The van der Waals surface area contributed by atoms with Crippen molar-refractivity contribution in [2.45, 2.75) is 46.3 Å². The standard InChI is InChI=1S/C16H24ClNO3/c1-11(21-13-7-5-6-12(17)10-13)15(20)18-14(8-9-19)16(2,3)4/h5-7,10-11,14,19H,8-9H2,1-4H3,(H,18,20). The lowest BCUT2D eigenvalue weighted by molar-refractivity contribution is -0.128. The van der Waals surface area contributed by atoms with Crippen molar-refractivity contribution in [3.05, 3.63) is 29.3 Å². The molecule has 2 N–H and O–H groups in total. The van der Waals surface area contributed by atoms with Gasteiger partial charge in [0.25, 0.3) is 5.91 Å². The molecule has 118 valence electrons. The van der Waals surface area contributed by atoms with E-state index in [9.17, 15) is 4.79 Å². The van der Waals surface area contributed by atoms with Gasteiger partial charge in [-0.15, -0.1) is 0 Å². The molecule has 5 heteroatoms. The SMILES string of the molecule is CC(Oc1cccc(Cl)c1)C(=O)NC(CCO)C(C)(C)C. The summed E-state index contributed by atoms with van der Waals surface area (Å²) in [6.45, 7) is 7.79. The van der Waals surface area contributed by atoms with Crippen LogP contribution in [0.25, 0.3) is 0 Å². The molecule has 1 aromatic carbocycles. The fourth-order valence-electron chi connectivity index (χ4n) is 1.94. The number of hydrogen-bond donors (Lipinski definition) is 2. The Balaban J connectivity index is 2.65. The van der Waals surface area contributed by atoms with Gasteiger partial charge in [0.15, 0.2) is 6.10 Å². The molecule has 0 aromatic heterocycles. The minimum absolute atomic E-state index is 0.0335. The highest BCUT2D eigenvalue weighted by molar-refractivity contribution is 6.30. The van der Waals surface area contributed by atoms with E-state index in [0.717, 1.165) is 0 Å². The number of aliphatic hydroxyl groups excluding tert-OH is 1. The number of aliphatic hydroxyl groups is 1. The highest BCUT2D eigenvalue weighted by Crippen LogP contribution is 2.22. The summed E-state index contributed by atoms with van der Waals surface area (Å²) in [7, 11) is 0. The molecule has 0 aliphatic rings. The molecule has 0 spiro atoms. The average molecular weight is 314 g/mol. The van der Waals surface area contributed by atoms with Gasteiger partial charge in [-0.3, -0.25) is 4.79 Å². The highest BCUT2D eigenvalue weighted by atomic mass is 35.5. The Morgan fingerprint density at radius 2 is 2.10 bits per heavy atom. The van der Waals surface area contributed by atoms with Gasteiger partial charge in [-0.2, -0.15) is 0 Å². The molecule has 1 amide bonds. The van der Waals surface area contributed by atoms with Gasteiger partial charge >= 0.3 is 0 Å². The molecule has 0 aliphatic heterocycles. The van der Waals surface area contributed by atoms with Crippen LogP contribution in [-0.2, 0) is 4.79 Å². The van der Waals surface area contributed by atoms with Gasteiger partial charge in [0.05, 0.1) is 0 Å². The number of rotatable bonds is 6. The molecule has 2 atom stereocenters. The molecule has 0 bridgehead atoms. The third-order valence-electron chi connectivity index (χ3n) is 3.26. The fourth-order valence-corrected chi connectivity index (χ4v) is 2.12. The zero-order valence-corrected chi connectivity index (χ0v) is 13.8. The monoisotopic (exact) mass is 313 g/mol. The quantitative estimate of drug-likeness (QED) is 0.848. The van der Waals surface area contributed by atoms with E-state index in [1.807, 2.05) is 20.8 Å². The summed E-state index contributed by atoms with van der Waals surface area (Å²) < 4.78 is 5.59. The van der Waals surface area contributed by atoms with Crippen LogP contribution in [0.4, 0.5) is 0 Å². The predicted octanol–water partition coefficient (Wildman–Crippen LogP) is 3.02. The third kappa shape index (κ3) is 5.94. The van der Waals surface area contributed by atoms with E-state index in [1.165, 1.54) is 0 Å². The summed E-state index contributed by atoms with van der Waals surface area (Å²) in [6.07, 6.45) is -0.119. The molecule has 0 heterocycles. The van der Waals surface area contributed by atoms with E-state index in [-0.39, 0.29) is 24.0 Å². The minimum atomic E-state index is -0.632. The van der Waals surface area contributed by atoms with Crippen LogP contribution in [0.3, 0.4) is 0 Å². The molecule has 0 saturated heterocycles. The first-order chi connectivity index (χ1) is 9.74. The van der Waals surface area contributed by atoms with Crippen molar-refractivity contribution in [3.63, 3.8) is 0 Å². The number of amides is 1. The molecule has 0 aliphatic carbocycles. The van der Waals surface area contributed by atoms with Crippen LogP contribution < -0.4 is 10.1 Å². The Morgan fingerprint density at radius 1 is 1.43 bits per heavy atom. The smallest absolute Gasteiger partial charge is 0.261 e. The maximum Gasteiger partial charge on any atom is 0.261 e. The minimum Gasteiger partial charge on any atom is -0.481 e. The fraction of sp³-hybridized carbons (Fsp3) is 0.562. The molecule has 0 radical (unpaired) electrons. The van der Waals surface area contributed by atoms with Crippen LogP contribution in [0.15, 0.2) is 24.3 Å². The number of nitrogens with one attached hydrogen (secondary N) is 1. The van der Waals surface area contributed by atoms with Gasteiger partial charge in [0, 0.05) is 17.7 Å². The normalized spacial score (nSPS) is 14.4. The van der Waals surface area contributed by atoms with E-state index in [2.05, 4.69) is 5.32 Å². The summed E-state index contributed by atoms with van der Waals surface area (Å²) in [5.41, 5.74) is -0.131. The second-order valence-corrected chi connectivity index (χ2v) is 6.59. The Kier molecular flexibility index (Phi) is 6.49. The summed E-state index contributed by atoms with van der Waals surface area (Å²) in [4.78, 5) is 12.2. The molecule has 0 saturated carbocycles. The molecular formula is C16H24ClNO3. The maximum atomic E-state index is 12.2. The third-order valence-corrected chi connectivity index (χ3v) is 3.49. The van der Waals surface area contributed by atoms with Crippen molar-refractivity contribution >= 4 is 17.5 Å². The average Bonchev–Trinajstić information content (AvgIpc) is 2.37. The summed E-state index contributed by atoms with van der Waals surface area (Å²) in [5.74, 6) is 0.350. The van der Waals surface area contributed by atoms with E-state index in [4.69, 9.17) is 21.4 Å². The second-order valence-electron chi connectivity index (χ2n) is 6.16. The van der Waals surface area contributed by atoms with Crippen LogP contribution in [0.1, 0.15) is 34.1 Å². The highest BCUT2D eigenvalue weighted by Gasteiger charge is 2.27. The molecule has 1 rings (SSSR count). The first kappa shape index (κ1) is 17.8. The maximum absolute atomic E-state index is 12.2. The van der Waals surface area contributed by atoms with Gasteiger partial charge in [0.1, 0.15) is 5.75 Å². The number of carbonyl (C=O) groups is 1. The second kappa shape index (κ2) is 7.66. The van der Waals surface area contributed by atoms with Crippen LogP contribution in [0.2, 0.25) is 5.02 Å². The lowest BCUT2D eigenvalue weighted by Gasteiger charge is -2.32. The van der Waals surface area contributed by atoms with E-state index < -0.39 is 6.10 Å². The van der Waals surface area contributed by atoms with Crippen molar-refractivity contribution < 1.29 is 14.6 Å². The number of benzene rings is 1. The van der Waals surface area contributed by atoms with Crippen LogP contribution in [0, 0.1) is 5.41 Å². The number of carbonyl (C=O) groups excluding carboxylic acids is 1.